The molecule has 0 radical (unpaired) electrons. The third-order valence-corrected chi connectivity index (χ3v) is 6.04. The number of methoxy groups -OCH3 is 1. The number of H-pyrrole nitrogens is 1. The van der Waals surface area contributed by atoms with Crippen molar-refractivity contribution >= 4 is 45.6 Å². The Morgan fingerprint density at radius 1 is 1.03 bits per heavy atom. The zero-order valence-electron chi connectivity index (χ0n) is 18.4. The number of carbonyl (C=O) groups is 2. The van der Waals surface area contributed by atoms with Gasteiger partial charge in [-0.25, -0.2) is 19.6 Å². The molecule has 9 nitrogen and oxygen atoms in total. The summed E-state index contributed by atoms with van der Waals surface area (Å²) in [4.78, 5) is 48.3. The molecule has 4 rings (SSSR count). The van der Waals surface area contributed by atoms with Gasteiger partial charge in [0.15, 0.2) is 5.16 Å². The molecule has 0 aliphatic carbocycles. The van der Waals surface area contributed by atoms with E-state index in [9.17, 15) is 14.4 Å². The first kappa shape index (κ1) is 22.5. The van der Waals surface area contributed by atoms with Crippen molar-refractivity contribution in [3.8, 4) is 0 Å². The largest absolute Gasteiger partial charge is 0.465 e. The van der Waals surface area contributed by atoms with Gasteiger partial charge in [0.25, 0.3) is 5.56 Å². The zero-order valence-corrected chi connectivity index (χ0v) is 19.2. The summed E-state index contributed by atoms with van der Waals surface area (Å²) in [7, 11) is 1.30. The molecule has 0 saturated heterocycles. The predicted molar refractivity (Wildman–Crippen MR) is 125 cm³/mol. The summed E-state index contributed by atoms with van der Waals surface area (Å²) in [6.07, 6.45) is 0. The normalized spacial score (nSPS) is 11.1. The fraction of sp³-hybridized carbons (Fsp3) is 0.261. The number of nitrogens with one attached hydrogen (secondary N) is 1. The number of esters is 2. The van der Waals surface area contributed by atoms with Crippen LogP contribution in [0.2, 0.25) is 0 Å². The highest BCUT2D eigenvalue weighted by Crippen LogP contribution is 2.27. The number of thioether (sulfide) groups is 1. The molecule has 0 bridgehead atoms. The molecule has 170 valence electrons. The number of imidazole rings is 1. The van der Waals surface area contributed by atoms with E-state index in [4.69, 9.17) is 9.47 Å². The van der Waals surface area contributed by atoms with Crippen LogP contribution in [0.4, 0.5) is 0 Å². The monoisotopic (exact) mass is 466 g/mol. The first-order chi connectivity index (χ1) is 15.9. The first-order valence-corrected chi connectivity index (χ1v) is 11.3. The molecule has 0 unspecified atom stereocenters. The quantitative estimate of drug-likeness (QED) is 0.325. The summed E-state index contributed by atoms with van der Waals surface area (Å²) in [6.45, 7) is 4.76. The molecular weight excluding hydrogens is 444 g/mol. The smallest absolute Gasteiger partial charge is 0.338 e. The average Bonchev–Trinajstić information content (AvgIpc) is 3.18. The van der Waals surface area contributed by atoms with Gasteiger partial charge in [-0.3, -0.25) is 4.79 Å². The Hall–Kier alpha value is -3.66. The lowest BCUT2D eigenvalue weighted by Crippen LogP contribution is -2.12. The summed E-state index contributed by atoms with van der Waals surface area (Å²) in [5.41, 5.74) is 2.49. The molecule has 33 heavy (non-hydrogen) atoms. The SMILES string of the molecule is CCOC(=O)c1ccc2c(c1)nc(SCc1nc3cc(C(=O)OC)ccc3c(=O)[nH]1)n2CC. The van der Waals surface area contributed by atoms with Gasteiger partial charge >= 0.3 is 11.9 Å². The van der Waals surface area contributed by atoms with Crippen molar-refractivity contribution in [2.45, 2.75) is 31.3 Å². The minimum Gasteiger partial charge on any atom is -0.465 e. The van der Waals surface area contributed by atoms with Gasteiger partial charge in [0, 0.05) is 6.54 Å². The van der Waals surface area contributed by atoms with Crippen molar-refractivity contribution in [2.75, 3.05) is 13.7 Å². The van der Waals surface area contributed by atoms with Crippen molar-refractivity contribution in [3.05, 3.63) is 63.7 Å². The van der Waals surface area contributed by atoms with E-state index in [1.807, 2.05) is 17.6 Å². The summed E-state index contributed by atoms with van der Waals surface area (Å²) < 4.78 is 11.8. The molecular formula is C23H22N4O5S. The second-order valence-corrected chi connectivity index (χ2v) is 8.03. The van der Waals surface area contributed by atoms with Crippen LogP contribution in [0.5, 0.6) is 0 Å². The maximum absolute atomic E-state index is 12.5. The number of carbonyl (C=O) groups excluding carboxylic acids is 2. The Morgan fingerprint density at radius 3 is 2.48 bits per heavy atom. The van der Waals surface area contributed by atoms with Gasteiger partial charge in [-0.15, -0.1) is 0 Å². The minimum absolute atomic E-state index is 0.282. The van der Waals surface area contributed by atoms with Gasteiger partial charge in [0.2, 0.25) is 0 Å². The maximum Gasteiger partial charge on any atom is 0.338 e. The molecule has 2 aromatic heterocycles. The second-order valence-electron chi connectivity index (χ2n) is 7.09. The summed E-state index contributed by atoms with van der Waals surface area (Å²) in [6, 6.07) is 9.93. The van der Waals surface area contributed by atoms with Crippen LogP contribution in [0.25, 0.3) is 21.9 Å². The predicted octanol–water partition coefficient (Wildman–Crippen LogP) is 3.55. The lowest BCUT2D eigenvalue weighted by molar-refractivity contribution is 0.0525. The molecule has 2 heterocycles. The van der Waals surface area contributed by atoms with Crippen LogP contribution in [-0.4, -0.2) is 45.2 Å². The highest BCUT2D eigenvalue weighted by Gasteiger charge is 2.15. The van der Waals surface area contributed by atoms with Crippen molar-refractivity contribution < 1.29 is 19.1 Å². The van der Waals surface area contributed by atoms with Crippen LogP contribution in [-0.2, 0) is 21.8 Å². The second kappa shape index (κ2) is 9.45. The standard InChI is InChI=1S/C23H22N4O5S/c1-4-27-18-9-7-14(22(30)32-5-2)11-17(18)25-23(27)33-12-19-24-16-10-13(21(29)31-3)6-8-15(16)20(28)26-19/h6-11H,4-5,12H2,1-3H3,(H,24,26,28). The fourth-order valence-corrected chi connectivity index (χ4v) is 4.45. The number of aromatic amines is 1. The highest BCUT2D eigenvalue weighted by atomic mass is 32.2. The Morgan fingerprint density at radius 2 is 1.76 bits per heavy atom. The van der Waals surface area contributed by atoms with Crippen molar-refractivity contribution in [2.24, 2.45) is 0 Å². The molecule has 1 N–H and O–H groups in total. The van der Waals surface area contributed by atoms with Crippen LogP contribution in [0.15, 0.2) is 46.3 Å². The Labute approximate surface area is 193 Å². The molecule has 0 amide bonds. The zero-order chi connectivity index (χ0) is 23.5. The number of aryl methyl sites for hydroxylation is 1. The van der Waals surface area contributed by atoms with Gasteiger partial charge < -0.3 is 19.0 Å². The number of ether oxygens (including phenoxy) is 2. The molecule has 10 heteroatoms. The third-order valence-electron chi connectivity index (χ3n) is 5.06. The average molecular weight is 467 g/mol. The molecule has 0 fully saturated rings. The molecule has 0 atom stereocenters. The molecule has 4 aromatic rings. The molecule has 0 aliphatic rings. The highest BCUT2D eigenvalue weighted by molar-refractivity contribution is 7.98. The Balaban J connectivity index is 1.64. The Kier molecular flexibility index (Phi) is 6.45. The fourth-order valence-electron chi connectivity index (χ4n) is 3.50. The number of fused-ring (bicyclic) bond motifs is 2. The van der Waals surface area contributed by atoms with E-state index < -0.39 is 5.97 Å². The van der Waals surface area contributed by atoms with Gasteiger partial charge in [-0.1, -0.05) is 11.8 Å². The van der Waals surface area contributed by atoms with E-state index in [0.717, 1.165) is 10.7 Å². The van der Waals surface area contributed by atoms with Crippen LogP contribution in [0.1, 0.15) is 40.4 Å². The van der Waals surface area contributed by atoms with Crippen molar-refractivity contribution in [3.63, 3.8) is 0 Å². The molecule has 0 spiro atoms. The van der Waals surface area contributed by atoms with Gasteiger partial charge in [-0.05, 0) is 50.2 Å². The number of hydrogen-bond acceptors (Lipinski definition) is 8. The number of benzene rings is 2. The van der Waals surface area contributed by atoms with Crippen LogP contribution in [0, 0.1) is 0 Å². The van der Waals surface area contributed by atoms with Crippen LogP contribution >= 0.6 is 11.8 Å². The van der Waals surface area contributed by atoms with Crippen LogP contribution < -0.4 is 5.56 Å². The number of nitrogens with zero attached hydrogens (tertiary/aromatic N) is 3. The molecule has 0 saturated carbocycles. The summed E-state index contributed by atoms with van der Waals surface area (Å²) in [5, 5.41) is 1.13. The molecule has 0 aliphatic heterocycles. The number of aromatic nitrogens is 4. The van der Waals surface area contributed by atoms with E-state index in [-0.39, 0.29) is 11.5 Å². The topological polar surface area (TPSA) is 116 Å². The van der Waals surface area contributed by atoms with E-state index in [2.05, 4.69) is 15.0 Å². The van der Waals surface area contributed by atoms with E-state index in [0.29, 0.717) is 52.3 Å². The lowest BCUT2D eigenvalue weighted by Gasteiger charge is -2.07. The van der Waals surface area contributed by atoms with Gasteiger partial charge in [0.05, 0.1) is 52.5 Å². The van der Waals surface area contributed by atoms with Crippen molar-refractivity contribution in [1.82, 2.24) is 19.5 Å². The first-order valence-electron chi connectivity index (χ1n) is 10.4. The van der Waals surface area contributed by atoms with Gasteiger partial charge in [0.1, 0.15) is 5.82 Å². The van der Waals surface area contributed by atoms with Crippen LogP contribution in [0.3, 0.4) is 0 Å². The summed E-state index contributed by atoms with van der Waals surface area (Å²) >= 11 is 1.42. The van der Waals surface area contributed by atoms with E-state index in [1.165, 1.54) is 24.9 Å². The lowest BCUT2D eigenvalue weighted by atomic mass is 10.1. The number of hydrogen-bond donors (Lipinski definition) is 1. The van der Waals surface area contributed by atoms with Crippen molar-refractivity contribution in [1.29, 1.82) is 0 Å². The molecule has 2 aromatic carbocycles. The van der Waals surface area contributed by atoms with E-state index in [1.54, 1.807) is 31.2 Å². The maximum atomic E-state index is 12.5. The minimum atomic E-state index is -0.492. The van der Waals surface area contributed by atoms with Gasteiger partial charge in [-0.2, -0.15) is 0 Å². The Bertz CT molecular complexity index is 1430. The van der Waals surface area contributed by atoms with E-state index >= 15 is 0 Å². The number of rotatable bonds is 7. The third kappa shape index (κ3) is 4.47. The summed E-state index contributed by atoms with van der Waals surface area (Å²) in [5.74, 6) is -0.0547.